The van der Waals surface area contributed by atoms with E-state index in [0.29, 0.717) is 24.0 Å². The molecule has 0 aromatic heterocycles. The first-order valence-corrected chi connectivity index (χ1v) is 7.80. The van der Waals surface area contributed by atoms with Crippen LogP contribution in [0.15, 0.2) is 42.5 Å². The van der Waals surface area contributed by atoms with Crippen molar-refractivity contribution in [1.29, 1.82) is 0 Å². The zero-order valence-corrected chi connectivity index (χ0v) is 14.0. The molecule has 0 heterocycles. The van der Waals surface area contributed by atoms with Crippen LogP contribution in [0.25, 0.3) is 11.1 Å². The second kappa shape index (κ2) is 7.57. The molecule has 3 heteroatoms. The molecule has 0 atom stereocenters. The van der Waals surface area contributed by atoms with Gasteiger partial charge in [-0.25, -0.2) is 0 Å². The maximum absolute atomic E-state index is 12.2. The average molecular weight is 317 g/mol. The third kappa shape index (κ3) is 4.19. The minimum atomic E-state index is 0.176. The summed E-state index contributed by atoms with van der Waals surface area (Å²) in [6.45, 7) is 4.58. The molecule has 0 aliphatic heterocycles. The standard InChI is InChI=1S/C19H21ClO2/c1-13(2)10-19(21)15-6-9-18(16(11-15)12-22-3)14-4-7-17(20)8-5-14/h4-9,11,13H,10,12H2,1-3H3. The summed E-state index contributed by atoms with van der Waals surface area (Å²) in [4.78, 5) is 12.2. The molecule has 2 rings (SSSR count). The molecule has 0 amide bonds. The Hall–Kier alpha value is -1.64. The molecule has 22 heavy (non-hydrogen) atoms. The molecule has 116 valence electrons. The third-order valence-corrected chi connectivity index (χ3v) is 3.73. The number of carbonyl (C=O) groups is 1. The van der Waals surface area contributed by atoms with E-state index in [0.717, 1.165) is 22.3 Å². The second-order valence-corrected chi connectivity index (χ2v) is 6.27. The van der Waals surface area contributed by atoms with Gasteiger partial charge >= 0.3 is 0 Å². The molecular weight excluding hydrogens is 296 g/mol. The predicted molar refractivity (Wildman–Crippen MR) is 91.4 cm³/mol. The molecule has 0 aliphatic rings. The maximum Gasteiger partial charge on any atom is 0.163 e. The van der Waals surface area contributed by atoms with Crippen molar-refractivity contribution in [2.45, 2.75) is 26.9 Å². The van der Waals surface area contributed by atoms with Crippen LogP contribution in [0, 0.1) is 5.92 Å². The number of halogens is 1. The Kier molecular flexibility index (Phi) is 5.76. The van der Waals surface area contributed by atoms with Gasteiger partial charge in [0.25, 0.3) is 0 Å². The first-order chi connectivity index (χ1) is 10.5. The number of carbonyl (C=O) groups excluding carboxylic acids is 1. The van der Waals surface area contributed by atoms with Crippen molar-refractivity contribution in [3.05, 3.63) is 58.6 Å². The van der Waals surface area contributed by atoms with Gasteiger partial charge in [-0.05, 0) is 40.8 Å². The van der Waals surface area contributed by atoms with Gasteiger partial charge in [0.2, 0.25) is 0 Å². The fourth-order valence-corrected chi connectivity index (χ4v) is 2.57. The van der Waals surface area contributed by atoms with Crippen LogP contribution in [0.1, 0.15) is 36.2 Å². The SMILES string of the molecule is COCc1cc(C(=O)CC(C)C)ccc1-c1ccc(Cl)cc1. The number of Topliss-reactive ketones (excluding diaryl/α,β-unsaturated/α-hetero) is 1. The van der Waals surface area contributed by atoms with Crippen LogP contribution in [-0.2, 0) is 11.3 Å². The molecular formula is C19H21ClO2. The molecule has 0 saturated heterocycles. The minimum absolute atomic E-state index is 0.176. The summed E-state index contributed by atoms with van der Waals surface area (Å²) in [5, 5.41) is 0.709. The molecule has 0 N–H and O–H groups in total. The first kappa shape index (κ1) is 16.7. The molecule has 0 fully saturated rings. The monoisotopic (exact) mass is 316 g/mol. The van der Waals surface area contributed by atoms with Crippen LogP contribution in [0.3, 0.4) is 0 Å². The summed E-state index contributed by atoms with van der Waals surface area (Å²) >= 11 is 5.95. The van der Waals surface area contributed by atoms with Gasteiger partial charge in [-0.1, -0.05) is 49.7 Å². The molecule has 0 spiro atoms. The third-order valence-electron chi connectivity index (χ3n) is 3.48. The van der Waals surface area contributed by atoms with E-state index in [1.54, 1.807) is 7.11 Å². The number of hydrogen-bond acceptors (Lipinski definition) is 2. The van der Waals surface area contributed by atoms with E-state index < -0.39 is 0 Å². The molecule has 0 bridgehead atoms. The number of methoxy groups -OCH3 is 1. The Morgan fingerprint density at radius 2 is 1.82 bits per heavy atom. The van der Waals surface area contributed by atoms with Gasteiger partial charge < -0.3 is 4.74 Å². The molecule has 0 saturated carbocycles. The van der Waals surface area contributed by atoms with Crippen molar-refractivity contribution in [3.8, 4) is 11.1 Å². The quantitative estimate of drug-likeness (QED) is 0.668. The van der Waals surface area contributed by atoms with Crippen molar-refractivity contribution < 1.29 is 9.53 Å². The summed E-state index contributed by atoms with van der Waals surface area (Å²) in [5.41, 5.74) is 3.90. The average Bonchev–Trinajstić information content (AvgIpc) is 2.48. The van der Waals surface area contributed by atoms with Crippen molar-refractivity contribution >= 4 is 17.4 Å². The first-order valence-electron chi connectivity index (χ1n) is 7.42. The van der Waals surface area contributed by atoms with E-state index >= 15 is 0 Å². The second-order valence-electron chi connectivity index (χ2n) is 5.83. The smallest absolute Gasteiger partial charge is 0.163 e. The van der Waals surface area contributed by atoms with Crippen LogP contribution in [-0.4, -0.2) is 12.9 Å². The Bertz CT molecular complexity index is 645. The molecule has 2 nitrogen and oxygen atoms in total. The minimum Gasteiger partial charge on any atom is -0.380 e. The molecule has 0 aliphatic carbocycles. The van der Waals surface area contributed by atoms with E-state index in [4.69, 9.17) is 16.3 Å². The summed E-state index contributed by atoms with van der Waals surface area (Å²) in [7, 11) is 1.66. The summed E-state index contributed by atoms with van der Waals surface area (Å²) in [6, 6.07) is 13.5. The van der Waals surface area contributed by atoms with Crippen LogP contribution >= 0.6 is 11.6 Å². The Morgan fingerprint density at radius 3 is 2.41 bits per heavy atom. The van der Waals surface area contributed by atoms with Gasteiger partial charge in [0.1, 0.15) is 0 Å². The highest BCUT2D eigenvalue weighted by atomic mass is 35.5. The largest absolute Gasteiger partial charge is 0.380 e. The zero-order chi connectivity index (χ0) is 16.1. The number of ether oxygens (including phenoxy) is 1. The van der Waals surface area contributed by atoms with Crippen molar-refractivity contribution in [2.24, 2.45) is 5.92 Å². The zero-order valence-electron chi connectivity index (χ0n) is 13.2. The van der Waals surface area contributed by atoms with E-state index in [1.165, 1.54) is 0 Å². The molecule has 2 aromatic carbocycles. The maximum atomic E-state index is 12.2. The number of ketones is 1. The lowest BCUT2D eigenvalue weighted by molar-refractivity contribution is 0.0967. The number of hydrogen-bond donors (Lipinski definition) is 0. The Balaban J connectivity index is 2.39. The summed E-state index contributed by atoms with van der Waals surface area (Å²) in [6.07, 6.45) is 0.562. The lowest BCUT2D eigenvalue weighted by Gasteiger charge is -2.12. The van der Waals surface area contributed by atoms with Gasteiger partial charge in [-0.2, -0.15) is 0 Å². The van der Waals surface area contributed by atoms with Crippen molar-refractivity contribution in [3.63, 3.8) is 0 Å². The number of rotatable bonds is 6. The van der Waals surface area contributed by atoms with Gasteiger partial charge in [0.05, 0.1) is 6.61 Å². The van der Waals surface area contributed by atoms with Crippen LogP contribution in [0.4, 0.5) is 0 Å². The molecule has 0 radical (unpaired) electrons. The highest BCUT2D eigenvalue weighted by molar-refractivity contribution is 6.30. The summed E-state index contributed by atoms with van der Waals surface area (Å²) < 4.78 is 5.29. The predicted octanol–water partition coefficient (Wildman–Crippen LogP) is 5.38. The van der Waals surface area contributed by atoms with Gasteiger partial charge in [0, 0.05) is 24.1 Å². The lowest BCUT2D eigenvalue weighted by atomic mass is 9.94. The van der Waals surface area contributed by atoms with Crippen LogP contribution in [0.5, 0.6) is 0 Å². The Morgan fingerprint density at radius 1 is 1.14 bits per heavy atom. The lowest BCUT2D eigenvalue weighted by Crippen LogP contribution is -2.05. The Labute approximate surface area is 137 Å². The van der Waals surface area contributed by atoms with Crippen LogP contribution in [0.2, 0.25) is 5.02 Å². The highest BCUT2D eigenvalue weighted by Crippen LogP contribution is 2.27. The van der Waals surface area contributed by atoms with Crippen molar-refractivity contribution in [1.82, 2.24) is 0 Å². The molecule has 2 aromatic rings. The van der Waals surface area contributed by atoms with Gasteiger partial charge in [-0.15, -0.1) is 0 Å². The highest BCUT2D eigenvalue weighted by Gasteiger charge is 2.12. The fourth-order valence-electron chi connectivity index (χ4n) is 2.44. The van der Waals surface area contributed by atoms with Crippen molar-refractivity contribution in [2.75, 3.05) is 7.11 Å². The van der Waals surface area contributed by atoms with Gasteiger partial charge in [0.15, 0.2) is 5.78 Å². The van der Waals surface area contributed by atoms with E-state index in [1.807, 2.05) is 42.5 Å². The van der Waals surface area contributed by atoms with E-state index in [2.05, 4.69) is 13.8 Å². The normalized spacial score (nSPS) is 11.0. The van der Waals surface area contributed by atoms with Crippen LogP contribution < -0.4 is 0 Å². The van der Waals surface area contributed by atoms with E-state index in [-0.39, 0.29) is 5.78 Å². The fraction of sp³-hybridized carbons (Fsp3) is 0.316. The van der Waals surface area contributed by atoms with E-state index in [9.17, 15) is 4.79 Å². The topological polar surface area (TPSA) is 26.3 Å². The number of benzene rings is 2. The molecule has 0 unspecified atom stereocenters. The van der Waals surface area contributed by atoms with Gasteiger partial charge in [-0.3, -0.25) is 4.79 Å². The summed E-state index contributed by atoms with van der Waals surface area (Å²) in [5.74, 6) is 0.532.